The van der Waals surface area contributed by atoms with E-state index in [1.54, 1.807) is 0 Å². The molecule has 0 saturated carbocycles. The predicted molar refractivity (Wildman–Crippen MR) is 98.0 cm³/mol. The number of aryl methyl sites for hydroxylation is 1. The van der Waals surface area contributed by atoms with Crippen LogP contribution in [0.25, 0.3) is 0 Å². The van der Waals surface area contributed by atoms with Gasteiger partial charge in [-0.05, 0) is 19.8 Å². The van der Waals surface area contributed by atoms with Crippen molar-refractivity contribution in [2.75, 3.05) is 31.2 Å². The van der Waals surface area contributed by atoms with Crippen molar-refractivity contribution in [3.8, 4) is 0 Å². The second-order valence-electron chi connectivity index (χ2n) is 7.67. The number of rotatable bonds is 3. The van der Waals surface area contributed by atoms with Crippen molar-refractivity contribution in [3.63, 3.8) is 0 Å². The molecule has 0 spiro atoms. The maximum Gasteiger partial charge on any atom is 0.225 e. The monoisotopic (exact) mass is 354 g/mol. The highest BCUT2D eigenvalue weighted by atomic mass is 16.5. The van der Waals surface area contributed by atoms with E-state index >= 15 is 0 Å². The van der Waals surface area contributed by atoms with Crippen LogP contribution < -0.4 is 4.90 Å². The van der Waals surface area contributed by atoms with Crippen LogP contribution in [-0.2, 0) is 24.8 Å². The van der Waals surface area contributed by atoms with Gasteiger partial charge in [0.25, 0.3) is 0 Å². The van der Waals surface area contributed by atoms with Crippen molar-refractivity contribution in [2.24, 2.45) is 7.05 Å². The van der Waals surface area contributed by atoms with Gasteiger partial charge in [-0.1, -0.05) is 0 Å². The summed E-state index contributed by atoms with van der Waals surface area (Å²) in [7, 11) is 2.01. The summed E-state index contributed by atoms with van der Waals surface area (Å²) in [6, 6.07) is 1.03. The van der Waals surface area contributed by atoms with E-state index in [4.69, 9.17) is 14.7 Å². The fraction of sp³-hybridized carbons (Fsp3) is 0.632. The molecule has 3 aliphatic heterocycles. The molecule has 0 N–H and O–H groups in total. The van der Waals surface area contributed by atoms with E-state index in [2.05, 4.69) is 28.0 Å². The first-order chi connectivity index (χ1) is 12.7. The SMILES string of the molecule is Cc1c(CN2[C@H]3CC[C@@H]2c2cnc(N4CCOCC4)nc2C3)cnn1C. The van der Waals surface area contributed by atoms with E-state index in [9.17, 15) is 0 Å². The number of hydrogen-bond acceptors (Lipinski definition) is 6. The van der Waals surface area contributed by atoms with Gasteiger partial charge in [0, 0.05) is 68.2 Å². The molecular formula is C19H26N6O. The number of hydrogen-bond donors (Lipinski definition) is 0. The first-order valence-corrected chi connectivity index (χ1v) is 9.62. The number of fused-ring (bicyclic) bond motifs is 4. The molecule has 2 aromatic heterocycles. The van der Waals surface area contributed by atoms with Crippen LogP contribution in [0.4, 0.5) is 5.95 Å². The molecule has 2 bridgehead atoms. The summed E-state index contributed by atoms with van der Waals surface area (Å²) >= 11 is 0. The van der Waals surface area contributed by atoms with Crippen LogP contribution in [0.5, 0.6) is 0 Å². The molecule has 2 aromatic rings. The zero-order chi connectivity index (χ0) is 17.7. The van der Waals surface area contributed by atoms with Crippen molar-refractivity contribution >= 4 is 5.95 Å². The Bertz CT molecular complexity index is 812. The molecule has 2 atom stereocenters. The molecule has 26 heavy (non-hydrogen) atoms. The van der Waals surface area contributed by atoms with E-state index in [-0.39, 0.29) is 0 Å². The Morgan fingerprint density at radius 3 is 2.81 bits per heavy atom. The molecule has 0 aliphatic carbocycles. The predicted octanol–water partition coefficient (Wildman–Crippen LogP) is 1.62. The minimum Gasteiger partial charge on any atom is -0.378 e. The zero-order valence-electron chi connectivity index (χ0n) is 15.6. The average molecular weight is 354 g/mol. The van der Waals surface area contributed by atoms with Gasteiger partial charge in [-0.25, -0.2) is 9.97 Å². The molecule has 7 nitrogen and oxygen atoms in total. The summed E-state index contributed by atoms with van der Waals surface area (Å²) in [5.74, 6) is 0.878. The highest BCUT2D eigenvalue weighted by Gasteiger charge is 2.41. The first kappa shape index (κ1) is 16.2. The van der Waals surface area contributed by atoms with Gasteiger partial charge in [0.2, 0.25) is 5.95 Å². The van der Waals surface area contributed by atoms with Crippen LogP contribution in [0.15, 0.2) is 12.4 Å². The third kappa shape index (κ3) is 2.61. The Balaban J connectivity index is 1.41. The second kappa shape index (κ2) is 6.32. The summed E-state index contributed by atoms with van der Waals surface area (Å²) in [5, 5.41) is 4.41. The molecule has 5 rings (SSSR count). The molecule has 2 fully saturated rings. The molecule has 0 amide bonds. The molecule has 0 radical (unpaired) electrons. The molecule has 138 valence electrons. The van der Waals surface area contributed by atoms with Crippen molar-refractivity contribution in [2.45, 2.75) is 44.8 Å². The van der Waals surface area contributed by atoms with E-state index < -0.39 is 0 Å². The van der Waals surface area contributed by atoms with E-state index in [0.29, 0.717) is 12.1 Å². The topological polar surface area (TPSA) is 59.3 Å². The van der Waals surface area contributed by atoms with Crippen molar-refractivity contribution < 1.29 is 4.74 Å². The highest BCUT2D eigenvalue weighted by molar-refractivity contribution is 5.37. The van der Waals surface area contributed by atoms with E-state index in [1.165, 1.54) is 35.4 Å². The van der Waals surface area contributed by atoms with Gasteiger partial charge >= 0.3 is 0 Å². The summed E-state index contributed by atoms with van der Waals surface area (Å²) in [5.41, 5.74) is 5.18. The number of nitrogens with zero attached hydrogens (tertiary/aromatic N) is 6. The Morgan fingerprint density at radius 2 is 2.04 bits per heavy atom. The van der Waals surface area contributed by atoms with E-state index in [0.717, 1.165) is 45.2 Å². The highest BCUT2D eigenvalue weighted by Crippen LogP contribution is 2.44. The molecular weight excluding hydrogens is 328 g/mol. The van der Waals surface area contributed by atoms with Crippen LogP contribution in [0, 0.1) is 6.92 Å². The fourth-order valence-corrected chi connectivity index (χ4v) is 4.62. The Hall–Kier alpha value is -1.99. The smallest absolute Gasteiger partial charge is 0.225 e. The summed E-state index contributed by atoms with van der Waals surface area (Å²) in [4.78, 5) is 14.6. The number of morpholine rings is 1. The molecule has 3 aliphatic rings. The lowest BCUT2D eigenvalue weighted by atomic mass is 9.98. The maximum absolute atomic E-state index is 5.45. The number of ether oxygens (including phenoxy) is 1. The normalized spacial score (nSPS) is 25.5. The minimum atomic E-state index is 0.446. The standard InChI is InChI=1S/C19H26N6O/c1-13-14(10-21-23(13)2)12-25-15-3-4-18(25)16-11-20-19(22-17(16)9-15)24-5-7-26-8-6-24/h10-11,15,18H,3-9,12H2,1-2H3/t15-,18+/m0/s1. The Morgan fingerprint density at radius 1 is 1.19 bits per heavy atom. The molecule has 0 aromatic carbocycles. The van der Waals surface area contributed by atoms with Crippen molar-refractivity contribution in [1.82, 2.24) is 24.6 Å². The number of aromatic nitrogens is 4. The third-order valence-corrected chi connectivity index (χ3v) is 6.30. The third-order valence-electron chi connectivity index (χ3n) is 6.30. The van der Waals surface area contributed by atoms with Crippen LogP contribution in [0.1, 0.15) is 41.4 Å². The van der Waals surface area contributed by atoms with Crippen molar-refractivity contribution in [1.29, 1.82) is 0 Å². The Kier molecular flexibility index (Phi) is 3.94. The van der Waals surface area contributed by atoms with Gasteiger partial charge in [-0.3, -0.25) is 9.58 Å². The molecule has 7 heteroatoms. The van der Waals surface area contributed by atoms with Gasteiger partial charge in [-0.15, -0.1) is 0 Å². The quantitative estimate of drug-likeness (QED) is 0.835. The Labute approximate surface area is 154 Å². The fourth-order valence-electron chi connectivity index (χ4n) is 4.62. The van der Waals surface area contributed by atoms with Crippen LogP contribution in [-0.4, -0.2) is 57.0 Å². The lowest BCUT2D eigenvalue weighted by Gasteiger charge is -2.36. The summed E-state index contributed by atoms with van der Waals surface area (Å²) < 4.78 is 7.41. The van der Waals surface area contributed by atoms with Gasteiger partial charge in [-0.2, -0.15) is 5.10 Å². The van der Waals surface area contributed by atoms with Gasteiger partial charge in [0.05, 0.1) is 25.1 Å². The minimum absolute atomic E-state index is 0.446. The van der Waals surface area contributed by atoms with Gasteiger partial charge in [0.1, 0.15) is 0 Å². The van der Waals surface area contributed by atoms with Crippen molar-refractivity contribution in [3.05, 3.63) is 34.9 Å². The zero-order valence-corrected chi connectivity index (χ0v) is 15.6. The lowest BCUT2D eigenvalue weighted by Crippen LogP contribution is -2.40. The first-order valence-electron chi connectivity index (χ1n) is 9.62. The molecule has 0 unspecified atom stereocenters. The average Bonchev–Trinajstić information content (AvgIpc) is 3.14. The summed E-state index contributed by atoms with van der Waals surface area (Å²) in [6.45, 7) is 6.43. The van der Waals surface area contributed by atoms with Gasteiger partial charge in [0.15, 0.2) is 0 Å². The lowest BCUT2D eigenvalue weighted by molar-refractivity contribution is 0.122. The number of anilines is 1. The van der Waals surface area contributed by atoms with Gasteiger partial charge < -0.3 is 9.64 Å². The van der Waals surface area contributed by atoms with Crippen LogP contribution in [0.2, 0.25) is 0 Å². The van der Waals surface area contributed by atoms with Crippen LogP contribution >= 0.6 is 0 Å². The maximum atomic E-state index is 5.45. The van der Waals surface area contributed by atoms with E-state index in [1.807, 2.05) is 17.9 Å². The second-order valence-corrected chi connectivity index (χ2v) is 7.67. The largest absolute Gasteiger partial charge is 0.378 e. The van der Waals surface area contributed by atoms with Crippen LogP contribution in [0.3, 0.4) is 0 Å². The summed E-state index contributed by atoms with van der Waals surface area (Å²) in [6.07, 6.45) is 7.58. The molecule has 5 heterocycles. The molecule has 2 saturated heterocycles.